The summed E-state index contributed by atoms with van der Waals surface area (Å²) < 4.78 is 36.2. The Morgan fingerprint density at radius 2 is 1.84 bits per heavy atom. The molecule has 12 heteroatoms. The standard InChI is InChI=1S/C32H23ClFN3O7/c1-2-41-29-13-19(5-12-27(29)42-17-18-3-6-20(34)7-4-18)30-23-10-9-22(15-28(23)44-31(36)25(30)16-35)43-32(38)24-14-21(37(39)40)8-11-26(24)33/h3-15,30H,2,17,36H2,1H3. The van der Waals surface area contributed by atoms with E-state index in [0.717, 1.165) is 11.6 Å². The summed E-state index contributed by atoms with van der Waals surface area (Å²) in [5, 5.41) is 21.1. The normalized spacial score (nSPS) is 13.7. The number of hydrogen-bond donors (Lipinski definition) is 1. The Labute approximate surface area is 255 Å². The Balaban J connectivity index is 1.45. The molecule has 1 atom stereocenters. The van der Waals surface area contributed by atoms with Crippen molar-refractivity contribution in [2.75, 3.05) is 6.61 Å². The number of nitrogens with zero attached hydrogens (tertiary/aromatic N) is 2. The van der Waals surface area contributed by atoms with Gasteiger partial charge in [0.2, 0.25) is 5.88 Å². The van der Waals surface area contributed by atoms with E-state index < -0.39 is 16.8 Å². The van der Waals surface area contributed by atoms with Gasteiger partial charge in [0.25, 0.3) is 5.69 Å². The summed E-state index contributed by atoms with van der Waals surface area (Å²) >= 11 is 6.08. The van der Waals surface area contributed by atoms with Crippen LogP contribution in [0.25, 0.3) is 0 Å². The van der Waals surface area contributed by atoms with Crippen molar-refractivity contribution < 1.29 is 33.1 Å². The van der Waals surface area contributed by atoms with E-state index in [1.165, 1.54) is 36.4 Å². The second-order valence-electron chi connectivity index (χ2n) is 9.49. The number of rotatable bonds is 9. The molecule has 0 radical (unpaired) electrons. The molecule has 5 rings (SSSR count). The molecule has 2 N–H and O–H groups in total. The van der Waals surface area contributed by atoms with Crippen molar-refractivity contribution in [2.24, 2.45) is 5.73 Å². The first-order valence-electron chi connectivity index (χ1n) is 13.2. The zero-order valence-electron chi connectivity index (χ0n) is 23.1. The van der Waals surface area contributed by atoms with Crippen LogP contribution in [0.3, 0.4) is 0 Å². The molecule has 44 heavy (non-hydrogen) atoms. The van der Waals surface area contributed by atoms with Crippen LogP contribution in [0.1, 0.15) is 39.9 Å². The SMILES string of the molecule is CCOc1cc(C2C(C#N)=C(N)Oc3cc(OC(=O)c4cc([N+](=O)[O-])ccc4Cl)ccc32)ccc1OCc1ccc(F)cc1. The van der Waals surface area contributed by atoms with Crippen molar-refractivity contribution >= 4 is 23.3 Å². The number of hydrogen-bond acceptors (Lipinski definition) is 9. The van der Waals surface area contributed by atoms with Crippen LogP contribution in [0, 0.1) is 27.3 Å². The van der Waals surface area contributed by atoms with Crippen LogP contribution >= 0.6 is 11.6 Å². The highest BCUT2D eigenvalue weighted by Crippen LogP contribution is 2.45. The molecule has 0 amide bonds. The number of halogens is 2. The minimum absolute atomic E-state index is 0.0177. The average Bonchev–Trinajstić information content (AvgIpc) is 3.00. The number of allylic oxidation sites excluding steroid dienone is 1. The number of carbonyl (C=O) groups excluding carboxylic acids is 1. The molecule has 0 bridgehead atoms. The predicted octanol–water partition coefficient (Wildman–Crippen LogP) is 6.80. The van der Waals surface area contributed by atoms with Crippen LogP contribution in [-0.2, 0) is 6.61 Å². The van der Waals surface area contributed by atoms with Gasteiger partial charge in [-0.25, -0.2) is 9.18 Å². The monoisotopic (exact) mass is 615 g/mol. The summed E-state index contributed by atoms with van der Waals surface area (Å²) in [5.74, 6) is -0.887. The third-order valence-electron chi connectivity index (χ3n) is 6.69. The molecular formula is C32H23ClFN3O7. The molecule has 10 nitrogen and oxygen atoms in total. The third-order valence-corrected chi connectivity index (χ3v) is 7.02. The molecule has 0 aliphatic carbocycles. The lowest BCUT2D eigenvalue weighted by molar-refractivity contribution is -0.384. The first kappa shape index (κ1) is 29.9. The van der Waals surface area contributed by atoms with Gasteiger partial charge in [-0.3, -0.25) is 10.1 Å². The van der Waals surface area contributed by atoms with Crippen LogP contribution in [0.5, 0.6) is 23.0 Å². The molecule has 0 saturated heterocycles. The molecule has 0 aromatic heterocycles. The molecule has 1 aliphatic heterocycles. The van der Waals surface area contributed by atoms with E-state index in [2.05, 4.69) is 6.07 Å². The highest BCUT2D eigenvalue weighted by Gasteiger charge is 2.32. The fraction of sp³-hybridized carbons (Fsp3) is 0.125. The summed E-state index contributed by atoms with van der Waals surface area (Å²) in [6.07, 6.45) is 0. The Morgan fingerprint density at radius 3 is 2.55 bits per heavy atom. The van der Waals surface area contributed by atoms with Crippen molar-refractivity contribution in [1.29, 1.82) is 5.26 Å². The number of nitro groups is 1. The van der Waals surface area contributed by atoms with E-state index in [1.54, 1.807) is 36.4 Å². The number of ether oxygens (including phenoxy) is 4. The van der Waals surface area contributed by atoms with Crippen LogP contribution in [0.4, 0.5) is 10.1 Å². The number of esters is 1. The molecule has 0 saturated carbocycles. The summed E-state index contributed by atoms with van der Waals surface area (Å²) in [7, 11) is 0. The van der Waals surface area contributed by atoms with Gasteiger partial charge in [-0.2, -0.15) is 5.26 Å². The lowest BCUT2D eigenvalue weighted by atomic mass is 9.83. The number of carbonyl (C=O) groups is 1. The Morgan fingerprint density at radius 1 is 1.07 bits per heavy atom. The maximum atomic E-state index is 13.3. The third kappa shape index (κ3) is 6.25. The van der Waals surface area contributed by atoms with Gasteiger partial charge in [0.15, 0.2) is 11.5 Å². The first-order valence-corrected chi connectivity index (χ1v) is 13.6. The van der Waals surface area contributed by atoms with Crippen LogP contribution < -0.4 is 24.7 Å². The number of non-ortho nitro benzene ring substituents is 1. The van der Waals surface area contributed by atoms with Gasteiger partial charge in [-0.05, 0) is 54.4 Å². The predicted molar refractivity (Wildman–Crippen MR) is 157 cm³/mol. The van der Waals surface area contributed by atoms with Crippen molar-refractivity contribution in [2.45, 2.75) is 19.4 Å². The van der Waals surface area contributed by atoms with Crippen molar-refractivity contribution in [3.05, 3.63) is 134 Å². The molecule has 0 spiro atoms. The summed E-state index contributed by atoms with van der Waals surface area (Å²) in [6, 6.07) is 21.3. The zero-order valence-corrected chi connectivity index (χ0v) is 23.8. The molecule has 222 valence electrons. The van der Waals surface area contributed by atoms with Gasteiger partial charge in [0.1, 0.15) is 35.6 Å². The van der Waals surface area contributed by atoms with Gasteiger partial charge < -0.3 is 24.7 Å². The van der Waals surface area contributed by atoms with Gasteiger partial charge in [0, 0.05) is 23.8 Å². The largest absolute Gasteiger partial charge is 0.490 e. The fourth-order valence-corrected chi connectivity index (χ4v) is 4.82. The van der Waals surface area contributed by atoms with Gasteiger partial charge in [0.05, 0.1) is 28.0 Å². The van der Waals surface area contributed by atoms with Crippen LogP contribution in [0.2, 0.25) is 5.02 Å². The van der Waals surface area contributed by atoms with Crippen LogP contribution in [-0.4, -0.2) is 17.5 Å². The molecule has 1 unspecified atom stereocenters. The maximum Gasteiger partial charge on any atom is 0.345 e. The number of benzene rings is 4. The van der Waals surface area contributed by atoms with E-state index in [1.807, 2.05) is 6.92 Å². The highest BCUT2D eigenvalue weighted by atomic mass is 35.5. The molecule has 4 aromatic carbocycles. The lowest BCUT2D eigenvalue weighted by Crippen LogP contribution is -2.21. The second kappa shape index (κ2) is 12.7. The fourth-order valence-electron chi connectivity index (χ4n) is 4.62. The summed E-state index contributed by atoms with van der Waals surface area (Å²) in [5.41, 5.74) is 7.79. The molecule has 1 heterocycles. The van der Waals surface area contributed by atoms with Crippen molar-refractivity contribution in [3.8, 4) is 29.1 Å². The van der Waals surface area contributed by atoms with E-state index in [4.69, 9.17) is 36.3 Å². The number of nitriles is 1. The Kier molecular flexibility index (Phi) is 8.64. The van der Waals surface area contributed by atoms with E-state index in [-0.39, 0.29) is 51.7 Å². The van der Waals surface area contributed by atoms with E-state index in [9.17, 15) is 24.6 Å². The number of nitrogens with two attached hydrogens (primary N) is 1. The van der Waals surface area contributed by atoms with Crippen molar-refractivity contribution in [3.63, 3.8) is 0 Å². The Bertz CT molecular complexity index is 1840. The number of fused-ring (bicyclic) bond motifs is 1. The zero-order chi connectivity index (χ0) is 31.4. The average molecular weight is 616 g/mol. The van der Waals surface area contributed by atoms with E-state index in [0.29, 0.717) is 29.2 Å². The Hall–Kier alpha value is -5.60. The van der Waals surface area contributed by atoms with Crippen LogP contribution in [0.15, 0.2) is 90.3 Å². The molecule has 1 aliphatic rings. The molecule has 0 fully saturated rings. The summed E-state index contributed by atoms with van der Waals surface area (Å²) in [6.45, 7) is 2.34. The highest BCUT2D eigenvalue weighted by molar-refractivity contribution is 6.33. The van der Waals surface area contributed by atoms with Crippen molar-refractivity contribution in [1.82, 2.24) is 0 Å². The minimum atomic E-state index is -0.912. The number of nitro benzene ring substituents is 1. The lowest BCUT2D eigenvalue weighted by Gasteiger charge is -2.27. The summed E-state index contributed by atoms with van der Waals surface area (Å²) in [4.78, 5) is 23.3. The molecule has 4 aromatic rings. The van der Waals surface area contributed by atoms with Gasteiger partial charge in [-0.1, -0.05) is 35.9 Å². The van der Waals surface area contributed by atoms with Gasteiger partial charge in [-0.15, -0.1) is 0 Å². The first-order chi connectivity index (χ1) is 21.2. The minimum Gasteiger partial charge on any atom is -0.490 e. The topological polar surface area (TPSA) is 147 Å². The second-order valence-corrected chi connectivity index (χ2v) is 9.90. The quantitative estimate of drug-likeness (QED) is 0.0928. The molecular weight excluding hydrogens is 593 g/mol. The van der Waals surface area contributed by atoms with E-state index >= 15 is 0 Å². The maximum absolute atomic E-state index is 13.3. The smallest absolute Gasteiger partial charge is 0.345 e. The van der Waals surface area contributed by atoms with Gasteiger partial charge >= 0.3 is 5.97 Å².